The highest BCUT2D eigenvalue weighted by Crippen LogP contribution is 2.13. The molecular weight excluding hydrogens is 613 g/mol. The highest BCUT2D eigenvalue weighted by Gasteiger charge is 2.33. The molecule has 0 aromatic heterocycles. The molecule has 3 rings (SSSR count). The third-order valence-corrected chi connectivity index (χ3v) is 8.54. The van der Waals surface area contributed by atoms with Crippen LogP contribution in [0.15, 0.2) is 60.7 Å². The number of unbranched alkanes of at least 4 members (excludes halogenated alkanes) is 1. The van der Waals surface area contributed by atoms with Gasteiger partial charge in [0.05, 0.1) is 6.04 Å². The first kappa shape index (κ1) is 38.6. The van der Waals surface area contributed by atoms with Crippen LogP contribution < -0.4 is 27.4 Å². The molecule has 1 aliphatic heterocycles. The molecule has 7 N–H and O–H groups in total. The van der Waals surface area contributed by atoms with E-state index >= 15 is 0 Å². The molecule has 0 spiro atoms. The first-order valence-corrected chi connectivity index (χ1v) is 17.1. The number of nitrogens with one attached hydrogen (secondary N) is 3. The lowest BCUT2D eigenvalue weighted by atomic mass is 9.99. The molecule has 1 fully saturated rings. The first-order chi connectivity index (χ1) is 23.1. The monoisotopic (exact) mass is 667 g/mol. The van der Waals surface area contributed by atoms with E-state index in [0.29, 0.717) is 71.4 Å². The predicted molar refractivity (Wildman–Crippen MR) is 185 cm³/mol. The Hall–Kier alpha value is -3.87. The van der Waals surface area contributed by atoms with Crippen molar-refractivity contribution in [1.29, 1.82) is 0 Å². The van der Waals surface area contributed by atoms with Gasteiger partial charge in [-0.2, -0.15) is 0 Å². The summed E-state index contributed by atoms with van der Waals surface area (Å²) in [4.78, 5) is 58.2. The summed E-state index contributed by atoms with van der Waals surface area (Å²) in [5.74, 6) is -1.62. The third-order valence-electron chi connectivity index (χ3n) is 8.54. The van der Waals surface area contributed by atoms with E-state index < -0.39 is 48.6 Å². The van der Waals surface area contributed by atoms with E-state index in [1.54, 1.807) is 4.90 Å². The molecule has 264 valence electrons. The molecule has 0 saturated carbocycles. The summed E-state index contributed by atoms with van der Waals surface area (Å²) in [7, 11) is 0. The molecular formula is C36H54FN7O4. The third kappa shape index (κ3) is 13.0. The minimum atomic E-state index is -0.994. The second-order valence-electron chi connectivity index (χ2n) is 12.9. The van der Waals surface area contributed by atoms with Crippen molar-refractivity contribution in [3.05, 3.63) is 71.8 Å². The van der Waals surface area contributed by atoms with E-state index in [2.05, 4.69) is 16.0 Å². The molecule has 48 heavy (non-hydrogen) atoms. The number of hydrogen-bond acceptors (Lipinski definition) is 7. The molecule has 1 heterocycles. The predicted octanol–water partition coefficient (Wildman–Crippen LogP) is 1.54. The van der Waals surface area contributed by atoms with Crippen LogP contribution in [-0.4, -0.2) is 104 Å². The Kier molecular flexibility index (Phi) is 16.5. The number of alkyl halides is 1. The van der Waals surface area contributed by atoms with Crippen molar-refractivity contribution in [2.75, 3.05) is 45.9 Å². The summed E-state index contributed by atoms with van der Waals surface area (Å²) in [5.41, 5.74) is 13.7. The fourth-order valence-electron chi connectivity index (χ4n) is 5.83. The minimum absolute atomic E-state index is 0.0393. The molecule has 0 bridgehead atoms. The van der Waals surface area contributed by atoms with Crippen LogP contribution in [0.1, 0.15) is 50.7 Å². The fourth-order valence-corrected chi connectivity index (χ4v) is 5.83. The van der Waals surface area contributed by atoms with Crippen LogP contribution >= 0.6 is 0 Å². The van der Waals surface area contributed by atoms with Gasteiger partial charge in [0, 0.05) is 39.1 Å². The average Bonchev–Trinajstić information content (AvgIpc) is 3.08. The quantitative estimate of drug-likeness (QED) is 0.142. The number of nitrogens with zero attached hydrogens (tertiary/aromatic N) is 2. The van der Waals surface area contributed by atoms with Gasteiger partial charge in [-0.15, -0.1) is 0 Å². The van der Waals surface area contributed by atoms with Crippen molar-refractivity contribution in [1.82, 2.24) is 25.8 Å². The van der Waals surface area contributed by atoms with Crippen LogP contribution in [0.25, 0.3) is 0 Å². The van der Waals surface area contributed by atoms with E-state index in [9.17, 15) is 23.6 Å². The van der Waals surface area contributed by atoms with Crippen LogP contribution in [0.4, 0.5) is 4.39 Å². The molecule has 4 amide bonds. The highest BCUT2D eigenvalue weighted by atomic mass is 19.1. The zero-order chi connectivity index (χ0) is 34.9. The fraction of sp³-hybridized carbons (Fsp3) is 0.556. The second kappa shape index (κ2) is 20.5. The number of amides is 4. The van der Waals surface area contributed by atoms with Gasteiger partial charge in [-0.25, -0.2) is 4.39 Å². The van der Waals surface area contributed by atoms with Gasteiger partial charge >= 0.3 is 0 Å². The van der Waals surface area contributed by atoms with Gasteiger partial charge in [0.1, 0.15) is 24.8 Å². The van der Waals surface area contributed by atoms with Crippen molar-refractivity contribution >= 4 is 23.6 Å². The van der Waals surface area contributed by atoms with E-state index in [1.165, 1.54) is 0 Å². The molecule has 11 nitrogen and oxygen atoms in total. The lowest BCUT2D eigenvalue weighted by molar-refractivity contribution is -0.139. The number of nitrogens with two attached hydrogens (primary N) is 2. The zero-order valence-corrected chi connectivity index (χ0v) is 28.4. The lowest BCUT2D eigenvalue weighted by Crippen LogP contribution is -2.59. The van der Waals surface area contributed by atoms with E-state index in [4.69, 9.17) is 11.5 Å². The van der Waals surface area contributed by atoms with E-state index in [-0.39, 0.29) is 18.2 Å². The Balaban J connectivity index is 1.75. The lowest BCUT2D eigenvalue weighted by Gasteiger charge is -2.36. The summed E-state index contributed by atoms with van der Waals surface area (Å²) in [6, 6.07) is 15.1. The standard InChI is InChI=1S/C36H54FN7O4/c1-26(2)23-31(34(46)40-30(15-9-10-17-38)36(48)44-21-19-43(18-16-37)20-22-44)42-35(47)32(25-28-13-7-4-8-14-28)41-33(45)29(39)24-27-11-5-3-6-12-27/h3-8,11-14,26,29-32H,9-10,15-25,38-39H2,1-2H3,(H,40,46)(H,41,45)(H,42,47). The van der Waals surface area contributed by atoms with Crippen LogP contribution in [0.2, 0.25) is 0 Å². The van der Waals surface area contributed by atoms with Crippen molar-refractivity contribution < 1.29 is 23.6 Å². The zero-order valence-electron chi connectivity index (χ0n) is 28.4. The van der Waals surface area contributed by atoms with Gasteiger partial charge in [0.25, 0.3) is 0 Å². The summed E-state index contributed by atoms with van der Waals surface area (Å²) >= 11 is 0. The van der Waals surface area contributed by atoms with Gasteiger partial charge in [-0.1, -0.05) is 74.5 Å². The van der Waals surface area contributed by atoms with Crippen molar-refractivity contribution in [3.63, 3.8) is 0 Å². The van der Waals surface area contributed by atoms with Crippen LogP contribution in [0, 0.1) is 5.92 Å². The van der Waals surface area contributed by atoms with Gasteiger partial charge in [0.15, 0.2) is 0 Å². The van der Waals surface area contributed by atoms with Gasteiger partial charge < -0.3 is 32.3 Å². The normalized spacial score (nSPS) is 16.1. The molecule has 12 heteroatoms. The van der Waals surface area contributed by atoms with Gasteiger partial charge in [-0.3, -0.25) is 24.1 Å². The van der Waals surface area contributed by atoms with Crippen LogP contribution in [0.5, 0.6) is 0 Å². The molecule has 4 unspecified atom stereocenters. The Morgan fingerprint density at radius 1 is 0.750 bits per heavy atom. The first-order valence-electron chi connectivity index (χ1n) is 17.1. The molecule has 0 aliphatic carbocycles. The Bertz CT molecular complexity index is 1280. The molecule has 2 aromatic rings. The van der Waals surface area contributed by atoms with Crippen molar-refractivity contribution in [2.45, 2.75) is 76.5 Å². The van der Waals surface area contributed by atoms with Crippen LogP contribution in [-0.2, 0) is 32.0 Å². The minimum Gasteiger partial charge on any atom is -0.343 e. The highest BCUT2D eigenvalue weighted by molar-refractivity contribution is 5.95. The van der Waals surface area contributed by atoms with Crippen molar-refractivity contribution in [3.8, 4) is 0 Å². The number of carbonyl (C=O) groups excluding carboxylic acids is 4. The largest absolute Gasteiger partial charge is 0.343 e. The van der Waals surface area contributed by atoms with Gasteiger partial charge in [-0.05, 0) is 55.7 Å². The number of carbonyl (C=O) groups is 4. The molecule has 2 aromatic carbocycles. The topological polar surface area (TPSA) is 163 Å². The second-order valence-corrected chi connectivity index (χ2v) is 12.9. The number of halogens is 1. The average molecular weight is 668 g/mol. The van der Waals surface area contributed by atoms with Crippen LogP contribution in [0.3, 0.4) is 0 Å². The molecule has 4 atom stereocenters. The Labute approximate surface area is 284 Å². The molecule has 0 radical (unpaired) electrons. The number of piperazine rings is 1. The maximum Gasteiger partial charge on any atom is 0.245 e. The number of benzene rings is 2. The van der Waals surface area contributed by atoms with Gasteiger partial charge in [0.2, 0.25) is 23.6 Å². The molecule has 1 saturated heterocycles. The summed E-state index contributed by atoms with van der Waals surface area (Å²) in [5, 5.41) is 8.63. The molecule has 1 aliphatic rings. The summed E-state index contributed by atoms with van der Waals surface area (Å²) < 4.78 is 12.8. The number of hydrogen-bond donors (Lipinski definition) is 5. The van der Waals surface area contributed by atoms with Crippen molar-refractivity contribution in [2.24, 2.45) is 17.4 Å². The Morgan fingerprint density at radius 3 is 1.85 bits per heavy atom. The van der Waals surface area contributed by atoms with E-state index in [0.717, 1.165) is 11.1 Å². The summed E-state index contributed by atoms with van der Waals surface area (Å²) in [6.45, 7) is 6.27. The summed E-state index contributed by atoms with van der Waals surface area (Å²) in [6.07, 6.45) is 2.56. The SMILES string of the molecule is CC(C)CC(NC(=O)C(Cc1ccccc1)NC(=O)C(N)Cc1ccccc1)C(=O)NC(CCCCN)C(=O)N1CCN(CCF)CC1. The Morgan fingerprint density at radius 2 is 1.29 bits per heavy atom. The maximum absolute atomic E-state index is 13.9. The van der Waals surface area contributed by atoms with E-state index in [1.807, 2.05) is 79.4 Å². The maximum atomic E-state index is 13.9. The number of rotatable bonds is 19. The smallest absolute Gasteiger partial charge is 0.245 e.